The maximum absolute atomic E-state index is 13.5. The minimum Gasteiger partial charge on any atom is -0.362 e. The molecule has 0 radical (unpaired) electrons. The molecular formula is C31H41Cl2N7O. The fourth-order valence-corrected chi connectivity index (χ4v) is 6.20. The van der Waals surface area contributed by atoms with Crippen LogP contribution in [0.3, 0.4) is 0 Å². The third-order valence-electron chi connectivity index (χ3n) is 8.10. The lowest BCUT2D eigenvalue weighted by Gasteiger charge is -2.30. The highest BCUT2D eigenvalue weighted by Crippen LogP contribution is 2.30. The molecule has 0 atom stereocenters. The van der Waals surface area contributed by atoms with Crippen LogP contribution in [0.25, 0.3) is 0 Å². The quantitative estimate of drug-likeness (QED) is 0.326. The van der Waals surface area contributed by atoms with E-state index in [0.717, 1.165) is 61.5 Å². The van der Waals surface area contributed by atoms with Crippen molar-refractivity contribution < 1.29 is 4.79 Å². The third-order valence-corrected chi connectivity index (χ3v) is 8.68. The van der Waals surface area contributed by atoms with Crippen LogP contribution in [-0.2, 0) is 24.8 Å². The molecule has 0 aliphatic heterocycles. The fraction of sp³-hybridized carbons (Fsp3) is 0.548. The van der Waals surface area contributed by atoms with Crippen LogP contribution in [0.2, 0.25) is 10.0 Å². The summed E-state index contributed by atoms with van der Waals surface area (Å²) in [5.41, 5.74) is 4.55. The summed E-state index contributed by atoms with van der Waals surface area (Å²) >= 11 is 12.5. The molecule has 41 heavy (non-hydrogen) atoms. The first-order valence-electron chi connectivity index (χ1n) is 14.6. The minimum absolute atomic E-state index is 0.0999. The number of nitrogens with one attached hydrogen (secondary N) is 2. The van der Waals surface area contributed by atoms with E-state index in [4.69, 9.17) is 38.3 Å². The van der Waals surface area contributed by atoms with Crippen LogP contribution in [0.4, 0.5) is 11.8 Å². The zero-order valence-corrected chi connectivity index (χ0v) is 26.2. The van der Waals surface area contributed by atoms with E-state index in [-0.39, 0.29) is 23.4 Å². The van der Waals surface area contributed by atoms with Crippen LogP contribution >= 0.6 is 23.2 Å². The van der Waals surface area contributed by atoms with E-state index in [0.29, 0.717) is 22.3 Å². The summed E-state index contributed by atoms with van der Waals surface area (Å²) in [5, 5.41) is 12.8. The molecule has 220 valence electrons. The molecule has 1 fully saturated rings. The molecule has 3 aromatic rings. The summed E-state index contributed by atoms with van der Waals surface area (Å²) in [5.74, 6) is 1.65. The van der Waals surface area contributed by atoms with Crippen LogP contribution in [0.15, 0.2) is 24.3 Å². The van der Waals surface area contributed by atoms with Gasteiger partial charge in [-0.3, -0.25) is 9.48 Å². The number of benzene rings is 1. The molecule has 0 saturated heterocycles. The molecule has 10 heteroatoms. The number of hydrogen-bond acceptors (Lipinski definition) is 6. The Morgan fingerprint density at radius 3 is 2.41 bits per heavy atom. The monoisotopic (exact) mass is 597 g/mol. The summed E-state index contributed by atoms with van der Waals surface area (Å²) in [6, 6.07) is 7.69. The number of hydrogen-bond donors (Lipinski definition) is 2. The van der Waals surface area contributed by atoms with Gasteiger partial charge in [-0.25, -0.2) is 4.98 Å². The first kappa shape index (κ1) is 29.6. The van der Waals surface area contributed by atoms with Gasteiger partial charge in [0.05, 0.1) is 17.9 Å². The Labute approximate surface area is 253 Å². The number of halogens is 2. The van der Waals surface area contributed by atoms with Crippen LogP contribution in [-0.4, -0.2) is 51.8 Å². The molecule has 0 spiro atoms. The summed E-state index contributed by atoms with van der Waals surface area (Å²) in [6.45, 7) is 6.68. The molecule has 0 bridgehead atoms. The van der Waals surface area contributed by atoms with Crippen molar-refractivity contribution in [3.63, 3.8) is 0 Å². The number of aryl methyl sites for hydroxylation is 1. The highest BCUT2D eigenvalue weighted by Gasteiger charge is 2.28. The molecule has 2 aromatic heterocycles. The predicted molar refractivity (Wildman–Crippen MR) is 167 cm³/mol. The number of carbonyl (C=O) groups is 1. The van der Waals surface area contributed by atoms with Gasteiger partial charge in [0.25, 0.3) is 5.91 Å². The van der Waals surface area contributed by atoms with Gasteiger partial charge in [0.2, 0.25) is 5.95 Å². The summed E-state index contributed by atoms with van der Waals surface area (Å²) < 4.78 is 1.76. The SMILES string of the molecule is CN(C)c1nc(N[C@H]2CC[C@@H](NC(=O)c3cc(C(C)(C)C)nn3Cc3ccc(Cl)cc3Cl)CC2)nc2c1CCCC2. The van der Waals surface area contributed by atoms with Crippen molar-refractivity contribution in [2.75, 3.05) is 24.3 Å². The second kappa shape index (κ2) is 12.2. The van der Waals surface area contributed by atoms with Crippen molar-refractivity contribution in [1.29, 1.82) is 0 Å². The van der Waals surface area contributed by atoms with Gasteiger partial charge >= 0.3 is 0 Å². The third kappa shape index (κ3) is 6.97. The number of anilines is 2. The number of rotatable bonds is 7. The van der Waals surface area contributed by atoms with Gasteiger partial charge in [-0.15, -0.1) is 0 Å². The van der Waals surface area contributed by atoms with Crippen LogP contribution in [0, 0.1) is 0 Å². The Hall–Kier alpha value is -2.84. The molecule has 1 saturated carbocycles. The van der Waals surface area contributed by atoms with Crippen molar-refractivity contribution >= 4 is 40.9 Å². The molecule has 0 unspecified atom stereocenters. The van der Waals surface area contributed by atoms with Crippen LogP contribution in [0.5, 0.6) is 0 Å². The van der Waals surface area contributed by atoms with Gasteiger partial charge < -0.3 is 15.5 Å². The first-order chi connectivity index (χ1) is 19.5. The Morgan fingerprint density at radius 1 is 1.02 bits per heavy atom. The number of carbonyl (C=O) groups excluding carboxylic acids is 1. The second-order valence-corrected chi connectivity index (χ2v) is 13.5. The minimum atomic E-state index is -0.195. The average Bonchev–Trinajstić information content (AvgIpc) is 3.36. The summed E-state index contributed by atoms with van der Waals surface area (Å²) in [6.07, 6.45) is 8.11. The topological polar surface area (TPSA) is 88.0 Å². The highest BCUT2D eigenvalue weighted by molar-refractivity contribution is 6.35. The predicted octanol–water partition coefficient (Wildman–Crippen LogP) is 6.42. The molecule has 5 rings (SSSR count). The lowest BCUT2D eigenvalue weighted by Crippen LogP contribution is -2.41. The summed E-state index contributed by atoms with van der Waals surface area (Å²) in [4.78, 5) is 25.4. The molecule has 2 aliphatic rings. The molecule has 1 aromatic carbocycles. The molecule has 1 amide bonds. The molecule has 2 heterocycles. The maximum atomic E-state index is 13.5. The lowest BCUT2D eigenvalue weighted by molar-refractivity contribution is 0.0916. The van der Waals surface area contributed by atoms with E-state index in [9.17, 15) is 4.79 Å². The standard InChI is InChI=1S/C31H41Cl2N7O/c1-31(2,3)27-17-26(40(38-27)18-19-10-11-20(32)16-24(19)33)29(41)34-21-12-14-22(15-13-21)35-30-36-25-9-7-6-8-23(25)28(37-30)39(4)5/h10-11,16-17,21-22H,6-9,12-15,18H2,1-5H3,(H,34,41)(H,35,36,37)/t21-,22+. The Kier molecular flexibility index (Phi) is 8.81. The highest BCUT2D eigenvalue weighted by atomic mass is 35.5. The first-order valence-corrected chi connectivity index (χ1v) is 15.4. The molecule has 2 N–H and O–H groups in total. The van der Waals surface area contributed by atoms with Crippen molar-refractivity contribution in [2.24, 2.45) is 0 Å². The molecular weight excluding hydrogens is 557 g/mol. The fourth-order valence-electron chi connectivity index (χ4n) is 5.73. The van der Waals surface area contributed by atoms with E-state index in [2.05, 4.69) is 50.4 Å². The van der Waals surface area contributed by atoms with Crippen molar-refractivity contribution in [3.05, 3.63) is 62.5 Å². The lowest BCUT2D eigenvalue weighted by atomic mass is 9.91. The van der Waals surface area contributed by atoms with Gasteiger partial charge in [0.1, 0.15) is 11.5 Å². The Balaban J connectivity index is 1.24. The van der Waals surface area contributed by atoms with Gasteiger partial charge in [0.15, 0.2) is 0 Å². The van der Waals surface area contributed by atoms with E-state index in [1.165, 1.54) is 24.1 Å². The van der Waals surface area contributed by atoms with Crippen LogP contribution in [0.1, 0.15) is 92.3 Å². The summed E-state index contributed by atoms with van der Waals surface area (Å²) in [7, 11) is 4.10. The Morgan fingerprint density at radius 2 is 1.73 bits per heavy atom. The van der Waals surface area contributed by atoms with E-state index in [1.807, 2.05) is 12.1 Å². The van der Waals surface area contributed by atoms with Gasteiger partial charge in [-0.2, -0.15) is 10.1 Å². The number of amides is 1. The smallest absolute Gasteiger partial charge is 0.269 e. The zero-order chi connectivity index (χ0) is 29.3. The van der Waals surface area contributed by atoms with E-state index in [1.54, 1.807) is 16.8 Å². The number of aromatic nitrogens is 4. The van der Waals surface area contributed by atoms with E-state index < -0.39 is 0 Å². The van der Waals surface area contributed by atoms with Gasteiger partial charge in [0, 0.05) is 47.2 Å². The van der Waals surface area contributed by atoms with Gasteiger partial charge in [-0.05, 0) is 75.1 Å². The molecule has 2 aliphatic carbocycles. The van der Waals surface area contributed by atoms with E-state index >= 15 is 0 Å². The zero-order valence-electron chi connectivity index (χ0n) is 24.7. The van der Waals surface area contributed by atoms with Crippen molar-refractivity contribution in [1.82, 2.24) is 25.1 Å². The van der Waals surface area contributed by atoms with Gasteiger partial charge in [-0.1, -0.05) is 50.0 Å². The average molecular weight is 599 g/mol. The number of nitrogens with zero attached hydrogens (tertiary/aromatic N) is 5. The largest absolute Gasteiger partial charge is 0.362 e. The number of fused-ring (bicyclic) bond motifs is 1. The Bertz CT molecular complexity index is 1400. The molecule has 8 nitrogen and oxygen atoms in total. The van der Waals surface area contributed by atoms with Crippen LogP contribution < -0.4 is 15.5 Å². The second-order valence-electron chi connectivity index (χ2n) is 12.6. The van der Waals surface area contributed by atoms with Crippen molar-refractivity contribution in [2.45, 2.75) is 96.2 Å². The maximum Gasteiger partial charge on any atom is 0.269 e. The normalized spacial score (nSPS) is 19.0. The van der Waals surface area contributed by atoms with Crippen molar-refractivity contribution in [3.8, 4) is 0 Å².